The first kappa shape index (κ1) is 14.1. The van der Waals surface area contributed by atoms with Gasteiger partial charge in [-0.15, -0.1) is 0 Å². The van der Waals surface area contributed by atoms with E-state index in [1.165, 1.54) is 0 Å². The first-order valence-corrected chi connectivity index (χ1v) is 6.69. The Morgan fingerprint density at radius 3 is 2.55 bits per heavy atom. The summed E-state index contributed by atoms with van der Waals surface area (Å²) in [6, 6.07) is 15.2. The monoisotopic (exact) mass is 269 g/mol. The molecule has 0 fully saturated rings. The Morgan fingerprint density at radius 1 is 1.15 bits per heavy atom. The minimum absolute atomic E-state index is 0.0458. The number of ether oxygens (including phenoxy) is 1. The van der Waals surface area contributed by atoms with Crippen molar-refractivity contribution in [3.05, 3.63) is 59.7 Å². The van der Waals surface area contributed by atoms with Crippen LogP contribution >= 0.6 is 0 Å². The molecule has 2 aromatic carbocycles. The summed E-state index contributed by atoms with van der Waals surface area (Å²) in [5.41, 5.74) is 2.62. The van der Waals surface area contributed by atoms with E-state index in [0.717, 1.165) is 11.3 Å². The second kappa shape index (κ2) is 6.24. The van der Waals surface area contributed by atoms with Crippen LogP contribution in [-0.2, 0) is 0 Å². The summed E-state index contributed by atoms with van der Waals surface area (Å²) in [5, 5.41) is 0. The van der Waals surface area contributed by atoms with Crippen LogP contribution in [0, 0.1) is 6.92 Å². The Balaban J connectivity index is 2.39. The van der Waals surface area contributed by atoms with Crippen LogP contribution in [0.3, 0.4) is 0 Å². The number of nitrogens with zero attached hydrogens (tertiary/aromatic N) is 1. The quantitative estimate of drug-likeness (QED) is 0.847. The van der Waals surface area contributed by atoms with Crippen molar-refractivity contribution in [2.75, 3.05) is 18.6 Å². The molecule has 3 heteroatoms. The van der Waals surface area contributed by atoms with Gasteiger partial charge in [0.25, 0.3) is 5.91 Å². The molecule has 0 saturated heterocycles. The van der Waals surface area contributed by atoms with Gasteiger partial charge in [-0.3, -0.25) is 4.79 Å². The lowest BCUT2D eigenvalue weighted by molar-refractivity contribution is 0.0985. The molecule has 3 nitrogen and oxygen atoms in total. The zero-order valence-corrected chi connectivity index (χ0v) is 12.1. The van der Waals surface area contributed by atoms with E-state index in [9.17, 15) is 4.79 Å². The van der Waals surface area contributed by atoms with Crippen molar-refractivity contribution in [1.29, 1.82) is 0 Å². The van der Waals surface area contributed by atoms with E-state index in [1.54, 1.807) is 24.1 Å². The molecule has 2 aromatic rings. The highest BCUT2D eigenvalue weighted by atomic mass is 16.5. The minimum atomic E-state index is -0.0458. The van der Waals surface area contributed by atoms with Crippen molar-refractivity contribution in [3.8, 4) is 5.75 Å². The van der Waals surface area contributed by atoms with Crippen molar-refractivity contribution in [2.24, 2.45) is 0 Å². The topological polar surface area (TPSA) is 29.5 Å². The molecule has 1 amide bonds. The molecule has 0 N–H and O–H groups in total. The minimum Gasteiger partial charge on any atom is -0.496 e. The van der Waals surface area contributed by atoms with Gasteiger partial charge in [0.05, 0.1) is 12.7 Å². The highest BCUT2D eigenvalue weighted by molar-refractivity contribution is 6.07. The maximum Gasteiger partial charge on any atom is 0.262 e. The number of hydrogen-bond donors (Lipinski definition) is 0. The molecule has 0 spiro atoms. The number of hydrogen-bond acceptors (Lipinski definition) is 2. The third-order valence-corrected chi connectivity index (χ3v) is 3.21. The van der Waals surface area contributed by atoms with Crippen molar-refractivity contribution in [3.63, 3.8) is 0 Å². The maximum absolute atomic E-state index is 12.7. The summed E-state index contributed by atoms with van der Waals surface area (Å²) in [5.74, 6) is 0.555. The molecule has 0 atom stereocenters. The zero-order valence-electron chi connectivity index (χ0n) is 12.1. The lowest BCUT2D eigenvalue weighted by atomic mass is 10.1. The lowest BCUT2D eigenvalue weighted by Gasteiger charge is -2.22. The van der Waals surface area contributed by atoms with E-state index >= 15 is 0 Å². The zero-order chi connectivity index (χ0) is 14.5. The van der Waals surface area contributed by atoms with E-state index in [4.69, 9.17) is 4.74 Å². The highest BCUT2D eigenvalue weighted by Crippen LogP contribution is 2.23. The predicted molar refractivity (Wildman–Crippen MR) is 81.5 cm³/mol. The van der Waals surface area contributed by atoms with Crippen LogP contribution in [0.25, 0.3) is 0 Å². The third kappa shape index (κ3) is 2.82. The first-order chi connectivity index (χ1) is 9.67. The average molecular weight is 269 g/mol. The average Bonchev–Trinajstić information content (AvgIpc) is 2.48. The van der Waals surface area contributed by atoms with Crippen LogP contribution in [0.5, 0.6) is 5.75 Å². The molecular weight excluding hydrogens is 250 g/mol. The summed E-state index contributed by atoms with van der Waals surface area (Å²) in [4.78, 5) is 14.5. The van der Waals surface area contributed by atoms with E-state index in [1.807, 2.05) is 50.2 Å². The standard InChI is InChI=1S/C17H19NO2/c1-4-18(14-9-7-8-13(2)12-14)17(19)15-10-5-6-11-16(15)20-3/h5-12H,4H2,1-3H3. The van der Waals surface area contributed by atoms with Gasteiger partial charge in [-0.2, -0.15) is 0 Å². The van der Waals surface area contributed by atoms with Crippen LogP contribution in [0.1, 0.15) is 22.8 Å². The Kier molecular flexibility index (Phi) is 4.41. The molecule has 0 bridgehead atoms. The van der Waals surface area contributed by atoms with E-state index in [-0.39, 0.29) is 5.91 Å². The molecule has 0 heterocycles. The Bertz CT molecular complexity index is 607. The number of rotatable bonds is 4. The Hall–Kier alpha value is -2.29. The molecule has 2 rings (SSSR count). The van der Waals surface area contributed by atoms with Crippen molar-refractivity contribution < 1.29 is 9.53 Å². The lowest BCUT2D eigenvalue weighted by Crippen LogP contribution is -2.30. The number of carbonyl (C=O) groups excluding carboxylic acids is 1. The number of para-hydroxylation sites is 1. The van der Waals surface area contributed by atoms with Gasteiger partial charge in [0.2, 0.25) is 0 Å². The first-order valence-electron chi connectivity index (χ1n) is 6.69. The molecule has 0 aliphatic rings. The van der Waals surface area contributed by atoms with E-state index in [2.05, 4.69) is 0 Å². The summed E-state index contributed by atoms with van der Waals surface area (Å²) in [6.45, 7) is 4.60. The van der Waals surface area contributed by atoms with E-state index in [0.29, 0.717) is 17.9 Å². The van der Waals surface area contributed by atoms with Gasteiger partial charge < -0.3 is 9.64 Å². The molecule has 20 heavy (non-hydrogen) atoms. The molecule has 0 saturated carbocycles. The largest absolute Gasteiger partial charge is 0.496 e. The fraction of sp³-hybridized carbons (Fsp3) is 0.235. The van der Waals surface area contributed by atoms with E-state index < -0.39 is 0 Å². The van der Waals surface area contributed by atoms with Crippen LogP contribution in [0.4, 0.5) is 5.69 Å². The van der Waals surface area contributed by atoms with Gasteiger partial charge in [-0.05, 0) is 43.7 Å². The van der Waals surface area contributed by atoms with Crippen LogP contribution in [0.2, 0.25) is 0 Å². The van der Waals surface area contributed by atoms with Gasteiger partial charge in [-0.1, -0.05) is 24.3 Å². The Morgan fingerprint density at radius 2 is 1.90 bits per heavy atom. The number of methoxy groups -OCH3 is 1. The number of amides is 1. The Labute approximate surface area is 119 Å². The summed E-state index contributed by atoms with van der Waals surface area (Å²) in [7, 11) is 1.58. The number of benzene rings is 2. The maximum atomic E-state index is 12.7. The number of anilines is 1. The fourth-order valence-electron chi connectivity index (χ4n) is 2.21. The molecule has 0 radical (unpaired) electrons. The van der Waals surface area contributed by atoms with Crippen molar-refractivity contribution >= 4 is 11.6 Å². The molecule has 0 aromatic heterocycles. The number of aryl methyl sites for hydroxylation is 1. The normalized spacial score (nSPS) is 10.2. The van der Waals surface area contributed by atoms with Crippen LogP contribution < -0.4 is 9.64 Å². The van der Waals surface area contributed by atoms with Gasteiger partial charge >= 0.3 is 0 Å². The van der Waals surface area contributed by atoms with Gasteiger partial charge in [-0.25, -0.2) is 0 Å². The number of carbonyl (C=O) groups is 1. The molecule has 104 valence electrons. The van der Waals surface area contributed by atoms with Gasteiger partial charge in [0.15, 0.2) is 0 Å². The summed E-state index contributed by atoms with van der Waals surface area (Å²) in [6.07, 6.45) is 0. The van der Waals surface area contributed by atoms with Gasteiger partial charge in [0.1, 0.15) is 5.75 Å². The van der Waals surface area contributed by atoms with Crippen LogP contribution in [0.15, 0.2) is 48.5 Å². The highest BCUT2D eigenvalue weighted by Gasteiger charge is 2.19. The molecule has 0 unspecified atom stereocenters. The predicted octanol–water partition coefficient (Wildman–Crippen LogP) is 3.67. The van der Waals surface area contributed by atoms with Crippen LogP contribution in [-0.4, -0.2) is 19.6 Å². The smallest absolute Gasteiger partial charge is 0.262 e. The molecule has 0 aliphatic heterocycles. The van der Waals surface area contributed by atoms with Gasteiger partial charge in [0, 0.05) is 12.2 Å². The van der Waals surface area contributed by atoms with Crippen molar-refractivity contribution in [1.82, 2.24) is 0 Å². The summed E-state index contributed by atoms with van der Waals surface area (Å²) >= 11 is 0. The summed E-state index contributed by atoms with van der Waals surface area (Å²) < 4.78 is 5.27. The fourth-order valence-corrected chi connectivity index (χ4v) is 2.21. The SMILES string of the molecule is CCN(C(=O)c1ccccc1OC)c1cccc(C)c1. The molecule has 0 aliphatic carbocycles. The third-order valence-electron chi connectivity index (χ3n) is 3.21. The molecular formula is C17H19NO2. The second-order valence-electron chi connectivity index (χ2n) is 4.59. The van der Waals surface area contributed by atoms with Crippen molar-refractivity contribution in [2.45, 2.75) is 13.8 Å². The second-order valence-corrected chi connectivity index (χ2v) is 4.59.